The number of rotatable bonds is 2. The van der Waals surface area contributed by atoms with Crippen LogP contribution in [0.15, 0.2) is 18.2 Å². The van der Waals surface area contributed by atoms with Crippen molar-refractivity contribution in [1.29, 1.82) is 0 Å². The van der Waals surface area contributed by atoms with Crippen molar-refractivity contribution >= 4 is 0 Å². The zero-order chi connectivity index (χ0) is 10.0. The fraction of sp³-hybridized carbons (Fsp3) is 0.400. The topological polar surface area (TPSA) is 46.2 Å². The number of benzene rings is 1. The molecule has 72 valence electrons. The Labute approximate surface area is 77.2 Å². The predicted octanol–water partition coefficient (Wildman–Crippen LogP) is 1.51. The Morgan fingerprint density at radius 2 is 2.08 bits per heavy atom. The molecule has 0 aliphatic carbocycles. The Bertz CT molecular complexity index is 299. The number of aliphatic hydroxyl groups is 1. The number of nitrogens with two attached hydrogens (primary N) is 1. The maximum atomic E-state index is 13.1. The van der Waals surface area contributed by atoms with Crippen LogP contribution in [0.4, 0.5) is 4.39 Å². The van der Waals surface area contributed by atoms with Gasteiger partial charge in [-0.2, -0.15) is 0 Å². The molecule has 0 unspecified atom stereocenters. The lowest BCUT2D eigenvalue weighted by molar-refractivity contribution is 0.164. The summed E-state index contributed by atoms with van der Waals surface area (Å²) in [5, 5.41) is 9.24. The molecule has 0 saturated heterocycles. The molecule has 0 saturated carbocycles. The molecule has 0 aliphatic heterocycles. The van der Waals surface area contributed by atoms with E-state index in [1.54, 1.807) is 26.0 Å². The van der Waals surface area contributed by atoms with Crippen LogP contribution in [-0.2, 0) is 0 Å². The second-order valence-corrected chi connectivity index (χ2v) is 3.22. The number of hydrogen-bond donors (Lipinski definition) is 2. The summed E-state index contributed by atoms with van der Waals surface area (Å²) in [4.78, 5) is 0. The van der Waals surface area contributed by atoms with E-state index in [1.165, 1.54) is 6.07 Å². The monoisotopic (exact) mass is 183 g/mol. The quantitative estimate of drug-likeness (QED) is 0.730. The maximum Gasteiger partial charge on any atom is 0.126 e. The molecule has 2 nitrogen and oxygen atoms in total. The third-order valence-electron chi connectivity index (χ3n) is 2.19. The van der Waals surface area contributed by atoms with E-state index in [1.807, 2.05) is 0 Å². The van der Waals surface area contributed by atoms with Crippen LogP contribution in [-0.4, -0.2) is 11.2 Å². The maximum absolute atomic E-state index is 13.1. The van der Waals surface area contributed by atoms with Crippen molar-refractivity contribution in [2.24, 2.45) is 5.73 Å². The van der Waals surface area contributed by atoms with Gasteiger partial charge in [-0.05, 0) is 31.0 Å². The van der Waals surface area contributed by atoms with Crippen LogP contribution in [0.2, 0.25) is 0 Å². The summed E-state index contributed by atoms with van der Waals surface area (Å²) in [5.41, 5.74) is 6.86. The molecule has 0 bridgehead atoms. The molecule has 0 aromatic heterocycles. The molecule has 1 rings (SSSR count). The average molecular weight is 183 g/mol. The zero-order valence-corrected chi connectivity index (χ0v) is 7.79. The molecule has 13 heavy (non-hydrogen) atoms. The van der Waals surface area contributed by atoms with Crippen molar-refractivity contribution in [3.8, 4) is 0 Å². The van der Waals surface area contributed by atoms with Crippen LogP contribution < -0.4 is 5.73 Å². The highest BCUT2D eigenvalue weighted by atomic mass is 19.1. The van der Waals surface area contributed by atoms with Gasteiger partial charge in [0.05, 0.1) is 12.1 Å². The molecule has 2 atom stereocenters. The largest absolute Gasteiger partial charge is 0.391 e. The normalized spacial score (nSPS) is 15.5. The van der Waals surface area contributed by atoms with Crippen LogP contribution in [0.5, 0.6) is 0 Å². The van der Waals surface area contributed by atoms with Gasteiger partial charge in [-0.1, -0.05) is 12.1 Å². The number of hydrogen-bond acceptors (Lipinski definition) is 2. The molecular formula is C10H14FNO. The predicted molar refractivity (Wildman–Crippen MR) is 49.7 cm³/mol. The lowest BCUT2D eigenvalue weighted by Gasteiger charge is -2.17. The van der Waals surface area contributed by atoms with Crippen molar-refractivity contribution in [3.63, 3.8) is 0 Å². The Balaban J connectivity index is 3.07. The zero-order valence-electron chi connectivity index (χ0n) is 7.79. The third-order valence-corrected chi connectivity index (χ3v) is 2.19. The summed E-state index contributed by atoms with van der Waals surface area (Å²) in [5.74, 6) is -0.284. The summed E-state index contributed by atoms with van der Waals surface area (Å²) in [6, 6.07) is 4.19. The Hall–Kier alpha value is -0.930. The minimum Gasteiger partial charge on any atom is -0.391 e. The molecule has 0 heterocycles. The fourth-order valence-electron chi connectivity index (χ4n) is 1.25. The van der Waals surface area contributed by atoms with E-state index in [0.29, 0.717) is 11.1 Å². The van der Waals surface area contributed by atoms with E-state index in [2.05, 4.69) is 0 Å². The molecule has 1 aromatic carbocycles. The van der Waals surface area contributed by atoms with Crippen molar-refractivity contribution in [1.82, 2.24) is 0 Å². The molecule has 3 heteroatoms. The van der Waals surface area contributed by atoms with Crippen LogP contribution in [0.1, 0.15) is 24.1 Å². The van der Waals surface area contributed by atoms with Crippen LogP contribution in [0, 0.1) is 12.7 Å². The van der Waals surface area contributed by atoms with Gasteiger partial charge in [0.1, 0.15) is 5.82 Å². The molecule has 1 aromatic rings. The van der Waals surface area contributed by atoms with Gasteiger partial charge in [0.25, 0.3) is 0 Å². The van der Waals surface area contributed by atoms with Gasteiger partial charge in [0, 0.05) is 0 Å². The van der Waals surface area contributed by atoms with E-state index in [4.69, 9.17) is 5.73 Å². The highest BCUT2D eigenvalue weighted by Crippen LogP contribution is 2.20. The Morgan fingerprint density at radius 1 is 1.46 bits per heavy atom. The minimum atomic E-state index is -0.666. The van der Waals surface area contributed by atoms with E-state index in [9.17, 15) is 9.50 Å². The van der Waals surface area contributed by atoms with E-state index < -0.39 is 12.1 Å². The summed E-state index contributed by atoms with van der Waals surface area (Å²) in [7, 11) is 0. The molecule has 0 aliphatic rings. The second-order valence-electron chi connectivity index (χ2n) is 3.22. The van der Waals surface area contributed by atoms with Gasteiger partial charge in [0.2, 0.25) is 0 Å². The van der Waals surface area contributed by atoms with Crippen molar-refractivity contribution < 1.29 is 9.50 Å². The first-order chi connectivity index (χ1) is 6.04. The van der Waals surface area contributed by atoms with Gasteiger partial charge >= 0.3 is 0 Å². The first-order valence-electron chi connectivity index (χ1n) is 4.22. The van der Waals surface area contributed by atoms with Crippen molar-refractivity contribution in [2.75, 3.05) is 0 Å². The summed E-state index contributed by atoms with van der Waals surface area (Å²) in [6.45, 7) is 3.25. The molecule has 0 amide bonds. The minimum absolute atomic E-state index is 0.284. The molecule has 0 fully saturated rings. The smallest absolute Gasteiger partial charge is 0.126 e. The SMILES string of the molecule is Cc1c(F)cccc1[C@H](N)[C@H](C)O. The third kappa shape index (κ3) is 2.05. The van der Waals surface area contributed by atoms with Gasteiger partial charge in [0.15, 0.2) is 0 Å². The number of aliphatic hydroxyl groups excluding tert-OH is 1. The van der Waals surface area contributed by atoms with E-state index >= 15 is 0 Å². The lowest BCUT2D eigenvalue weighted by atomic mass is 9.98. The molecule has 0 radical (unpaired) electrons. The Morgan fingerprint density at radius 3 is 2.62 bits per heavy atom. The van der Waals surface area contributed by atoms with E-state index in [-0.39, 0.29) is 5.82 Å². The summed E-state index contributed by atoms with van der Waals surface area (Å²) in [6.07, 6.45) is -0.666. The van der Waals surface area contributed by atoms with Crippen molar-refractivity contribution in [3.05, 3.63) is 35.1 Å². The lowest BCUT2D eigenvalue weighted by Crippen LogP contribution is -2.24. The Kier molecular flexibility index (Phi) is 3.01. The van der Waals surface area contributed by atoms with Gasteiger partial charge in [-0.15, -0.1) is 0 Å². The van der Waals surface area contributed by atoms with Gasteiger partial charge in [-0.25, -0.2) is 4.39 Å². The molecule has 3 N–H and O–H groups in total. The first kappa shape index (κ1) is 10.2. The first-order valence-corrected chi connectivity index (χ1v) is 4.22. The standard InChI is InChI=1S/C10H14FNO/c1-6-8(10(12)7(2)13)4-3-5-9(6)11/h3-5,7,10,13H,12H2,1-2H3/t7-,10+/m0/s1. The van der Waals surface area contributed by atoms with Gasteiger partial charge < -0.3 is 10.8 Å². The van der Waals surface area contributed by atoms with Crippen LogP contribution >= 0.6 is 0 Å². The highest BCUT2D eigenvalue weighted by molar-refractivity contribution is 5.30. The van der Waals surface area contributed by atoms with Gasteiger partial charge in [-0.3, -0.25) is 0 Å². The van der Waals surface area contributed by atoms with E-state index in [0.717, 1.165) is 0 Å². The average Bonchev–Trinajstić information content (AvgIpc) is 2.08. The second kappa shape index (κ2) is 3.85. The summed E-state index contributed by atoms with van der Waals surface area (Å²) >= 11 is 0. The summed E-state index contributed by atoms with van der Waals surface area (Å²) < 4.78 is 13.1. The van der Waals surface area contributed by atoms with Crippen LogP contribution in [0.25, 0.3) is 0 Å². The molecule has 0 spiro atoms. The number of halogens is 1. The fourth-order valence-corrected chi connectivity index (χ4v) is 1.25. The molecular weight excluding hydrogens is 169 g/mol. The highest BCUT2D eigenvalue weighted by Gasteiger charge is 2.15. The van der Waals surface area contributed by atoms with Crippen LogP contribution in [0.3, 0.4) is 0 Å². The van der Waals surface area contributed by atoms with Crippen molar-refractivity contribution in [2.45, 2.75) is 26.0 Å².